The molecule has 0 N–H and O–H groups in total. The smallest absolute Gasteiger partial charge is 0.174 e. The summed E-state index contributed by atoms with van der Waals surface area (Å²) >= 11 is 0. The Kier molecular flexibility index (Phi) is 6.38. The van der Waals surface area contributed by atoms with Crippen molar-refractivity contribution in [1.29, 1.82) is 0 Å². The fourth-order valence-corrected chi connectivity index (χ4v) is 10.9. The van der Waals surface area contributed by atoms with Gasteiger partial charge in [-0.1, -0.05) is 105 Å². The molecule has 1 aliphatic carbocycles. The number of fused-ring (bicyclic) bond motifs is 14. The first-order valence-electron chi connectivity index (χ1n) is 20.3. The zero-order chi connectivity index (χ0) is 39.0. The van der Waals surface area contributed by atoms with Crippen LogP contribution in [0.2, 0.25) is 0 Å². The molecule has 5 nitrogen and oxygen atoms in total. The fraction of sp³-hybridized carbons (Fsp3) is 0.0741. The summed E-state index contributed by atoms with van der Waals surface area (Å²) in [5.41, 5.74) is 16.7. The van der Waals surface area contributed by atoms with E-state index in [0.717, 1.165) is 56.6 Å². The van der Waals surface area contributed by atoms with Gasteiger partial charge in [-0.05, 0) is 107 Å². The summed E-state index contributed by atoms with van der Waals surface area (Å²) < 4.78 is 14.9. The van der Waals surface area contributed by atoms with Gasteiger partial charge < -0.3 is 23.2 Å². The first kappa shape index (κ1) is 32.6. The van der Waals surface area contributed by atoms with E-state index >= 15 is 0 Å². The van der Waals surface area contributed by atoms with Crippen molar-refractivity contribution >= 4 is 55.9 Å². The Balaban J connectivity index is 1.09. The Bertz CT molecular complexity index is 3240. The van der Waals surface area contributed by atoms with E-state index in [9.17, 15) is 0 Å². The van der Waals surface area contributed by atoms with E-state index < -0.39 is 5.41 Å². The quantitative estimate of drug-likeness (QED) is 0.180. The van der Waals surface area contributed by atoms with Crippen molar-refractivity contribution in [1.82, 2.24) is 4.57 Å². The third kappa shape index (κ3) is 4.09. The largest absolute Gasteiger partial charge is 0.461 e. The highest BCUT2D eigenvalue weighted by molar-refractivity contribution is 6.12. The average Bonchev–Trinajstić information content (AvgIpc) is 4.07. The number of hydrogen-bond donors (Lipinski definition) is 0. The summed E-state index contributed by atoms with van der Waals surface area (Å²) in [7, 11) is 0. The Morgan fingerprint density at radius 1 is 0.373 bits per heavy atom. The van der Waals surface area contributed by atoms with E-state index in [-0.39, 0.29) is 5.41 Å². The number of nitrogens with zero attached hydrogens (tertiary/aromatic N) is 3. The second kappa shape index (κ2) is 11.6. The maximum absolute atomic E-state index is 6.27. The van der Waals surface area contributed by atoms with Crippen molar-refractivity contribution in [3.05, 3.63) is 222 Å². The van der Waals surface area contributed by atoms with Crippen LogP contribution in [0, 0.1) is 0 Å². The lowest BCUT2D eigenvalue weighted by atomic mass is 9.65. The zero-order valence-corrected chi connectivity index (χ0v) is 32.6. The number of benzene rings is 7. The van der Waals surface area contributed by atoms with Crippen LogP contribution in [0.5, 0.6) is 0 Å². The number of para-hydroxylation sites is 5. The molecule has 280 valence electrons. The van der Waals surface area contributed by atoms with Gasteiger partial charge in [0, 0.05) is 44.4 Å². The molecule has 0 saturated heterocycles. The van der Waals surface area contributed by atoms with Gasteiger partial charge in [0.05, 0.1) is 51.7 Å². The molecular formula is C54H37N3O2. The van der Waals surface area contributed by atoms with Crippen LogP contribution in [-0.4, -0.2) is 4.57 Å². The van der Waals surface area contributed by atoms with Gasteiger partial charge in [0.15, 0.2) is 11.5 Å². The van der Waals surface area contributed by atoms with Gasteiger partial charge in [-0.3, -0.25) is 0 Å². The molecule has 1 spiro atoms. The molecule has 0 saturated carbocycles. The van der Waals surface area contributed by atoms with E-state index in [2.05, 4.69) is 204 Å². The van der Waals surface area contributed by atoms with E-state index in [1.54, 1.807) is 0 Å². The molecule has 0 fully saturated rings. The van der Waals surface area contributed by atoms with E-state index in [1.165, 1.54) is 49.9 Å². The molecule has 5 heterocycles. The zero-order valence-electron chi connectivity index (χ0n) is 32.6. The lowest BCUT2D eigenvalue weighted by molar-refractivity contribution is 0.525. The summed E-state index contributed by atoms with van der Waals surface area (Å²) in [6, 6.07) is 64.3. The second-order valence-corrected chi connectivity index (χ2v) is 16.5. The van der Waals surface area contributed by atoms with Crippen LogP contribution in [0.15, 0.2) is 197 Å². The molecule has 10 aromatic rings. The van der Waals surface area contributed by atoms with Gasteiger partial charge in [0.1, 0.15) is 0 Å². The van der Waals surface area contributed by atoms with Gasteiger partial charge in [0.25, 0.3) is 0 Å². The van der Waals surface area contributed by atoms with Crippen LogP contribution >= 0.6 is 0 Å². The van der Waals surface area contributed by atoms with Crippen molar-refractivity contribution in [2.75, 3.05) is 9.80 Å². The molecule has 59 heavy (non-hydrogen) atoms. The molecule has 0 atom stereocenters. The van der Waals surface area contributed by atoms with Crippen molar-refractivity contribution in [2.24, 2.45) is 0 Å². The Hall–Kier alpha value is -7.50. The molecule has 0 amide bonds. The average molecular weight is 760 g/mol. The number of aromatic nitrogens is 1. The molecule has 7 aromatic carbocycles. The van der Waals surface area contributed by atoms with Gasteiger partial charge >= 0.3 is 0 Å². The molecule has 0 unspecified atom stereocenters. The molecule has 13 rings (SSSR count). The fourth-order valence-electron chi connectivity index (χ4n) is 10.9. The van der Waals surface area contributed by atoms with Gasteiger partial charge in [-0.25, -0.2) is 0 Å². The summed E-state index contributed by atoms with van der Waals surface area (Å²) in [4.78, 5) is 4.89. The maximum Gasteiger partial charge on any atom is 0.174 e. The first-order valence-corrected chi connectivity index (χ1v) is 20.3. The van der Waals surface area contributed by atoms with E-state index in [0.29, 0.717) is 0 Å². The maximum atomic E-state index is 6.27. The summed E-state index contributed by atoms with van der Waals surface area (Å²) in [5, 5.41) is 2.41. The number of furan rings is 2. The number of hydrogen-bond acceptors (Lipinski definition) is 4. The minimum absolute atomic E-state index is 0.127. The van der Waals surface area contributed by atoms with Gasteiger partial charge in [0.2, 0.25) is 0 Å². The van der Waals surface area contributed by atoms with Crippen LogP contribution in [0.25, 0.3) is 39.0 Å². The molecular weight excluding hydrogens is 723 g/mol. The Labute approximate surface area is 341 Å². The van der Waals surface area contributed by atoms with Crippen LogP contribution in [0.1, 0.15) is 47.2 Å². The van der Waals surface area contributed by atoms with E-state index in [4.69, 9.17) is 8.83 Å². The topological polar surface area (TPSA) is 37.7 Å². The molecule has 3 aromatic heterocycles. The molecule has 2 aliphatic heterocycles. The van der Waals surface area contributed by atoms with E-state index in [1.807, 2.05) is 12.5 Å². The highest BCUT2D eigenvalue weighted by Gasteiger charge is 2.55. The highest BCUT2D eigenvalue weighted by Crippen LogP contribution is 2.65. The normalized spacial score (nSPS) is 15.2. The van der Waals surface area contributed by atoms with Crippen molar-refractivity contribution in [2.45, 2.75) is 24.7 Å². The third-order valence-corrected chi connectivity index (χ3v) is 13.3. The number of rotatable bonds is 3. The summed E-state index contributed by atoms with van der Waals surface area (Å²) in [6.45, 7) is 4.67. The van der Waals surface area contributed by atoms with Crippen LogP contribution in [-0.2, 0) is 10.8 Å². The van der Waals surface area contributed by atoms with Gasteiger partial charge in [-0.15, -0.1) is 0 Å². The van der Waals surface area contributed by atoms with Crippen LogP contribution in [0.4, 0.5) is 34.1 Å². The Morgan fingerprint density at radius 3 is 1.51 bits per heavy atom. The van der Waals surface area contributed by atoms with Crippen molar-refractivity contribution in [3.63, 3.8) is 0 Å². The Morgan fingerprint density at radius 2 is 0.881 bits per heavy atom. The SMILES string of the molecule is CC1(C)c2ccccc2N(c2ccc(N3c4ccccc4C4(c5cc6c7ccccc7n(-c7ccccc7)c6cc53)c3ccoc3-c3occc34)cc2)c2ccccc21. The molecule has 0 radical (unpaired) electrons. The second-order valence-electron chi connectivity index (χ2n) is 16.5. The standard InChI is InChI=1S/C54H37N3O2/c1-53(2)39-17-7-11-21-46(39)56(47-22-12-8-18-40(47)53)35-24-26-36(27-25-35)57-48-23-13-9-19-41(48)54(42-28-30-58-51(42)52-43(54)29-31-59-52)44-32-38-37-16-6-10-20-45(37)55(49(38)33-50(44)57)34-14-4-3-5-15-34/h3-33H,1-2H3. The highest BCUT2D eigenvalue weighted by atomic mass is 16.4. The predicted octanol–water partition coefficient (Wildman–Crippen LogP) is 14.2. The minimum atomic E-state index is -0.662. The summed E-state index contributed by atoms with van der Waals surface area (Å²) in [6.07, 6.45) is 3.62. The van der Waals surface area contributed by atoms with Gasteiger partial charge in [-0.2, -0.15) is 0 Å². The molecule has 3 aliphatic rings. The van der Waals surface area contributed by atoms with Crippen molar-refractivity contribution in [3.8, 4) is 17.2 Å². The predicted molar refractivity (Wildman–Crippen MR) is 238 cm³/mol. The number of anilines is 6. The lowest BCUT2D eigenvalue weighted by Gasteiger charge is -2.44. The monoisotopic (exact) mass is 759 g/mol. The lowest BCUT2D eigenvalue weighted by Crippen LogP contribution is -2.36. The minimum Gasteiger partial charge on any atom is -0.461 e. The first-order chi connectivity index (χ1) is 29.0. The molecule has 5 heteroatoms. The van der Waals surface area contributed by atoms with Crippen molar-refractivity contribution < 1.29 is 8.83 Å². The summed E-state index contributed by atoms with van der Waals surface area (Å²) in [5.74, 6) is 1.58. The molecule has 0 bridgehead atoms. The van der Waals surface area contributed by atoms with Crippen LogP contribution < -0.4 is 9.80 Å². The van der Waals surface area contributed by atoms with Crippen LogP contribution in [0.3, 0.4) is 0 Å². The third-order valence-electron chi connectivity index (χ3n) is 13.3.